The van der Waals surface area contributed by atoms with Gasteiger partial charge in [0.05, 0.1) is 12.1 Å². The number of phenols is 1. The largest absolute Gasteiger partial charge is 0.508 e. The van der Waals surface area contributed by atoms with Crippen molar-refractivity contribution in [2.45, 2.75) is 6.92 Å². The third-order valence-corrected chi connectivity index (χ3v) is 3.64. The van der Waals surface area contributed by atoms with E-state index in [0.717, 1.165) is 27.9 Å². The summed E-state index contributed by atoms with van der Waals surface area (Å²) in [5, 5.41) is 13.9. The van der Waals surface area contributed by atoms with E-state index in [1.807, 2.05) is 37.3 Å². The van der Waals surface area contributed by atoms with Gasteiger partial charge in [0.2, 0.25) is 0 Å². The molecule has 0 amide bonds. The Morgan fingerprint density at radius 1 is 1.08 bits per heavy atom. The van der Waals surface area contributed by atoms with Crippen molar-refractivity contribution in [3.8, 4) is 11.5 Å². The van der Waals surface area contributed by atoms with Gasteiger partial charge in [0.15, 0.2) is 0 Å². The lowest BCUT2D eigenvalue weighted by molar-refractivity contribution is 0.146. The number of aryl methyl sites for hydroxylation is 1. The molecule has 6 nitrogen and oxygen atoms in total. The number of benzene rings is 2. The summed E-state index contributed by atoms with van der Waals surface area (Å²) < 4.78 is 10.6. The Labute approximate surface area is 140 Å². The van der Waals surface area contributed by atoms with Gasteiger partial charge in [-0.15, -0.1) is 0 Å². The van der Waals surface area contributed by atoms with E-state index in [0.29, 0.717) is 19.0 Å². The first kappa shape index (κ1) is 16.0. The molecule has 24 heavy (non-hydrogen) atoms. The molecule has 0 radical (unpaired) electrons. The predicted octanol–water partition coefficient (Wildman–Crippen LogP) is 3.41. The van der Waals surface area contributed by atoms with Crippen LogP contribution in [0.1, 0.15) is 5.56 Å². The molecule has 2 N–H and O–H groups in total. The fraction of sp³-hybridized carbons (Fsp3) is 0.222. The summed E-state index contributed by atoms with van der Waals surface area (Å²) in [5.74, 6) is 1.65. The molecule has 0 bridgehead atoms. The van der Waals surface area contributed by atoms with Crippen LogP contribution in [0.5, 0.6) is 11.5 Å². The molecule has 0 fully saturated rings. The molecule has 124 valence electrons. The summed E-state index contributed by atoms with van der Waals surface area (Å²) in [7, 11) is 1.64. The third kappa shape index (κ3) is 3.55. The van der Waals surface area contributed by atoms with Gasteiger partial charge in [-0.3, -0.25) is 0 Å². The SMILES string of the molecule is COCCOc1ccc2c(Nc3ccc(C)c(O)c3)ncnc2c1. The fourth-order valence-corrected chi connectivity index (χ4v) is 2.29. The van der Waals surface area contributed by atoms with Gasteiger partial charge in [-0.1, -0.05) is 6.07 Å². The minimum atomic E-state index is 0.243. The van der Waals surface area contributed by atoms with Crippen molar-refractivity contribution in [1.29, 1.82) is 0 Å². The first-order valence-corrected chi connectivity index (χ1v) is 7.60. The molecule has 0 unspecified atom stereocenters. The molecule has 0 saturated carbocycles. The first-order chi connectivity index (χ1) is 11.7. The highest BCUT2D eigenvalue weighted by molar-refractivity contribution is 5.91. The van der Waals surface area contributed by atoms with Crippen molar-refractivity contribution in [2.75, 3.05) is 25.6 Å². The molecule has 0 aliphatic heterocycles. The Morgan fingerprint density at radius 2 is 1.96 bits per heavy atom. The second-order valence-electron chi connectivity index (χ2n) is 5.37. The van der Waals surface area contributed by atoms with Gasteiger partial charge in [0, 0.05) is 30.3 Å². The quantitative estimate of drug-likeness (QED) is 0.676. The highest BCUT2D eigenvalue weighted by Gasteiger charge is 2.07. The van der Waals surface area contributed by atoms with E-state index in [4.69, 9.17) is 9.47 Å². The molecule has 0 aliphatic rings. The zero-order valence-electron chi connectivity index (χ0n) is 13.6. The minimum Gasteiger partial charge on any atom is -0.508 e. The van der Waals surface area contributed by atoms with Gasteiger partial charge in [0.25, 0.3) is 0 Å². The van der Waals surface area contributed by atoms with Gasteiger partial charge in [-0.05, 0) is 30.7 Å². The Hall–Kier alpha value is -2.86. The number of hydrogen-bond acceptors (Lipinski definition) is 6. The number of aromatic nitrogens is 2. The average Bonchev–Trinajstić information content (AvgIpc) is 2.58. The molecule has 2 aromatic carbocycles. The lowest BCUT2D eigenvalue weighted by Gasteiger charge is -2.11. The molecular formula is C18H19N3O3. The molecule has 0 atom stereocenters. The van der Waals surface area contributed by atoms with Crippen LogP contribution in [-0.4, -0.2) is 35.4 Å². The van der Waals surface area contributed by atoms with E-state index in [2.05, 4.69) is 15.3 Å². The second-order valence-corrected chi connectivity index (χ2v) is 5.37. The zero-order valence-corrected chi connectivity index (χ0v) is 13.6. The van der Waals surface area contributed by atoms with Crippen LogP contribution in [0.4, 0.5) is 11.5 Å². The number of nitrogens with one attached hydrogen (secondary N) is 1. The monoisotopic (exact) mass is 325 g/mol. The van der Waals surface area contributed by atoms with E-state index in [-0.39, 0.29) is 5.75 Å². The third-order valence-electron chi connectivity index (χ3n) is 3.64. The summed E-state index contributed by atoms with van der Waals surface area (Å²) in [6, 6.07) is 11.1. The summed E-state index contributed by atoms with van der Waals surface area (Å²) in [6.45, 7) is 2.87. The molecule has 3 rings (SSSR count). The number of methoxy groups -OCH3 is 1. The first-order valence-electron chi connectivity index (χ1n) is 7.60. The topological polar surface area (TPSA) is 76.5 Å². The molecule has 6 heteroatoms. The number of rotatable bonds is 6. The molecule has 1 aromatic heterocycles. The van der Waals surface area contributed by atoms with Crippen molar-refractivity contribution in [2.24, 2.45) is 0 Å². The number of nitrogens with zero attached hydrogens (tertiary/aromatic N) is 2. The number of hydrogen-bond donors (Lipinski definition) is 2. The van der Waals surface area contributed by atoms with E-state index >= 15 is 0 Å². The van der Waals surface area contributed by atoms with Gasteiger partial charge in [0.1, 0.15) is 30.3 Å². The maximum absolute atomic E-state index is 9.83. The Bertz CT molecular complexity index is 852. The van der Waals surface area contributed by atoms with Gasteiger partial charge in [-0.2, -0.15) is 0 Å². The van der Waals surface area contributed by atoms with Crippen molar-refractivity contribution < 1.29 is 14.6 Å². The number of aromatic hydroxyl groups is 1. The summed E-state index contributed by atoms with van der Waals surface area (Å²) in [5.41, 5.74) is 2.36. The van der Waals surface area contributed by atoms with Gasteiger partial charge in [-0.25, -0.2) is 9.97 Å². The van der Waals surface area contributed by atoms with Crippen molar-refractivity contribution >= 4 is 22.4 Å². The molecule has 0 saturated heterocycles. The number of phenolic OH excluding ortho intramolecular Hbond substituents is 1. The van der Waals surface area contributed by atoms with Crippen LogP contribution < -0.4 is 10.1 Å². The van der Waals surface area contributed by atoms with Crippen LogP contribution in [-0.2, 0) is 4.74 Å². The van der Waals surface area contributed by atoms with Gasteiger partial charge < -0.3 is 19.9 Å². The minimum absolute atomic E-state index is 0.243. The number of ether oxygens (including phenoxy) is 2. The van der Waals surface area contributed by atoms with E-state index in [1.54, 1.807) is 13.2 Å². The average molecular weight is 325 g/mol. The van der Waals surface area contributed by atoms with E-state index in [9.17, 15) is 5.11 Å². The maximum atomic E-state index is 9.83. The summed E-state index contributed by atoms with van der Waals surface area (Å²) in [6.07, 6.45) is 1.50. The number of fused-ring (bicyclic) bond motifs is 1. The lowest BCUT2D eigenvalue weighted by Crippen LogP contribution is -2.04. The molecule has 1 heterocycles. The van der Waals surface area contributed by atoms with Crippen LogP contribution in [0.2, 0.25) is 0 Å². The Balaban J connectivity index is 1.86. The Kier molecular flexibility index (Phi) is 4.77. The normalized spacial score (nSPS) is 10.8. The van der Waals surface area contributed by atoms with Crippen LogP contribution >= 0.6 is 0 Å². The molecule has 0 aliphatic carbocycles. The predicted molar refractivity (Wildman–Crippen MR) is 93.0 cm³/mol. The lowest BCUT2D eigenvalue weighted by atomic mass is 10.2. The fourth-order valence-electron chi connectivity index (χ4n) is 2.29. The van der Waals surface area contributed by atoms with Crippen LogP contribution in [0.15, 0.2) is 42.7 Å². The second kappa shape index (κ2) is 7.14. The molecular weight excluding hydrogens is 306 g/mol. The van der Waals surface area contributed by atoms with Gasteiger partial charge >= 0.3 is 0 Å². The highest BCUT2D eigenvalue weighted by Crippen LogP contribution is 2.28. The van der Waals surface area contributed by atoms with Crippen LogP contribution in [0, 0.1) is 6.92 Å². The maximum Gasteiger partial charge on any atom is 0.141 e. The molecule has 3 aromatic rings. The standard InChI is InChI=1S/C18H19N3O3/c1-12-3-4-13(9-17(12)22)21-18-15-6-5-14(24-8-7-23-2)10-16(15)19-11-20-18/h3-6,9-11,22H,7-8H2,1-2H3,(H,19,20,21). The van der Waals surface area contributed by atoms with Crippen LogP contribution in [0.25, 0.3) is 10.9 Å². The van der Waals surface area contributed by atoms with Crippen molar-refractivity contribution in [3.05, 3.63) is 48.3 Å². The van der Waals surface area contributed by atoms with E-state index < -0.39 is 0 Å². The number of anilines is 2. The Morgan fingerprint density at radius 3 is 2.75 bits per heavy atom. The smallest absolute Gasteiger partial charge is 0.141 e. The van der Waals surface area contributed by atoms with E-state index in [1.165, 1.54) is 6.33 Å². The van der Waals surface area contributed by atoms with Crippen LogP contribution in [0.3, 0.4) is 0 Å². The van der Waals surface area contributed by atoms with Crippen molar-refractivity contribution in [3.63, 3.8) is 0 Å². The molecule has 0 spiro atoms. The summed E-state index contributed by atoms with van der Waals surface area (Å²) >= 11 is 0. The zero-order chi connectivity index (χ0) is 16.9. The summed E-state index contributed by atoms with van der Waals surface area (Å²) in [4.78, 5) is 8.59. The highest BCUT2D eigenvalue weighted by atomic mass is 16.5. The van der Waals surface area contributed by atoms with Crippen molar-refractivity contribution in [1.82, 2.24) is 9.97 Å².